The van der Waals surface area contributed by atoms with Crippen molar-refractivity contribution in [2.75, 3.05) is 6.54 Å². The monoisotopic (exact) mass is 449 g/mol. The third-order valence-electron chi connectivity index (χ3n) is 5.31. The second kappa shape index (κ2) is 10.3. The number of sulfonamides is 1. The van der Waals surface area contributed by atoms with Crippen molar-refractivity contribution in [3.8, 4) is 0 Å². The number of nitro groups is 1. The quantitative estimate of drug-likeness (QED) is 0.420. The Balaban J connectivity index is 1.81. The van der Waals surface area contributed by atoms with Crippen molar-refractivity contribution < 1.29 is 23.3 Å². The molecule has 3 rings (SSSR count). The maximum atomic E-state index is 13.2. The summed E-state index contributed by atoms with van der Waals surface area (Å²) in [6.45, 7) is -0.379. The van der Waals surface area contributed by atoms with Crippen molar-refractivity contribution in [3.05, 3.63) is 70.3 Å². The van der Waals surface area contributed by atoms with Gasteiger partial charge in [-0.2, -0.15) is 0 Å². The summed E-state index contributed by atoms with van der Waals surface area (Å²) in [6.07, 6.45) is 2.11. The van der Waals surface area contributed by atoms with Crippen LogP contribution in [0.5, 0.6) is 0 Å². The highest BCUT2D eigenvalue weighted by Crippen LogP contribution is 2.27. The summed E-state index contributed by atoms with van der Waals surface area (Å²) in [6, 6.07) is 13.4. The van der Waals surface area contributed by atoms with Gasteiger partial charge in [0.15, 0.2) is 0 Å². The van der Waals surface area contributed by atoms with Crippen molar-refractivity contribution in [1.82, 2.24) is 4.47 Å². The second-order valence-electron chi connectivity index (χ2n) is 7.68. The summed E-state index contributed by atoms with van der Waals surface area (Å²) in [5.74, 6) is 0. The van der Waals surface area contributed by atoms with Gasteiger partial charge >= 0.3 is 0 Å². The Kier molecular flexibility index (Phi) is 7.74. The van der Waals surface area contributed by atoms with Crippen molar-refractivity contribution in [1.29, 1.82) is 0 Å². The normalized spacial score (nSPS) is 17.0. The van der Waals surface area contributed by atoms with E-state index in [1.807, 2.05) is 30.3 Å². The first kappa shape index (κ1) is 23.3. The van der Waals surface area contributed by atoms with Gasteiger partial charge in [0.2, 0.25) is 0 Å². The molecule has 9 nitrogen and oxygen atoms in total. The van der Waals surface area contributed by atoms with E-state index in [4.69, 9.17) is 10.6 Å². The number of rotatable bonds is 10. The van der Waals surface area contributed by atoms with Gasteiger partial charge in [-0.3, -0.25) is 15.0 Å². The fraction of sp³-hybridized carbons (Fsp3) is 0.429. The van der Waals surface area contributed by atoms with E-state index in [-0.39, 0.29) is 23.2 Å². The van der Waals surface area contributed by atoms with Crippen LogP contribution in [0.2, 0.25) is 0 Å². The van der Waals surface area contributed by atoms with Gasteiger partial charge in [0.1, 0.15) is 0 Å². The highest BCUT2D eigenvalue weighted by atomic mass is 32.2. The molecule has 0 unspecified atom stereocenters. The summed E-state index contributed by atoms with van der Waals surface area (Å²) in [5, 5.41) is 21.7. The predicted molar refractivity (Wildman–Crippen MR) is 114 cm³/mol. The molecule has 2 aromatic rings. The van der Waals surface area contributed by atoms with E-state index in [2.05, 4.69) is 0 Å². The lowest BCUT2D eigenvalue weighted by atomic mass is 10.0. The van der Waals surface area contributed by atoms with E-state index in [0.717, 1.165) is 28.9 Å². The van der Waals surface area contributed by atoms with Crippen LogP contribution in [0.15, 0.2) is 59.5 Å². The summed E-state index contributed by atoms with van der Waals surface area (Å²) in [7, 11) is -4.25. The molecule has 10 heteroatoms. The first-order valence-corrected chi connectivity index (χ1v) is 11.6. The van der Waals surface area contributed by atoms with Crippen molar-refractivity contribution in [2.45, 2.75) is 55.2 Å². The van der Waals surface area contributed by atoms with Gasteiger partial charge in [-0.25, -0.2) is 8.42 Å². The van der Waals surface area contributed by atoms with E-state index in [1.165, 1.54) is 18.2 Å². The van der Waals surface area contributed by atoms with Gasteiger partial charge in [-0.05, 0) is 30.9 Å². The number of nitrogens with zero attached hydrogens (tertiary/aromatic N) is 2. The van der Waals surface area contributed by atoms with Crippen LogP contribution in [0.4, 0.5) is 5.69 Å². The maximum absolute atomic E-state index is 13.2. The molecular weight excluding hydrogens is 422 g/mol. The lowest BCUT2D eigenvalue weighted by Gasteiger charge is -2.28. The molecule has 0 aliphatic heterocycles. The van der Waals surface area contributed by atoms with Crippen LogP contribution in [0.3, 0.4) is 0 Å². The van der Waals surface area contributed by atoms with Crippen LogP contribution >= 0.6 is 0 Å². The molecular formula is C21H27N3O6S. The number of hydrogen-bond donors (Lipinski definition) is 2. The molecule has 31 heavy (non-hydrogen) atoms. The van der Waals surface area contributed by atoms with Crippen LogP contribution in [-0.2, 0) is 21.3 Å². The molecule has 2 aromatic carbocycles. The molecule has 1 aliphatic carbocycles. The second-order valence-corrected chi connectivity index (χ2v) is 9.51. The number of hydrogen-bond acceptors (Lipinski definition) is 7. The standard InChI is InChI=1S/C21H27N3O6S/c22-20(13-16-7-2-1-3-8-16)21(25)15-23(30-18-10-4-5-11-18)31(28,29)19-12-6-9-17(14-19)24(26)27/h1-3,6-9,12,14,18,20-21,25H,4-5,10-11,13,15,22H2/t20-,21+/m0/s1. The highest BCUT2D eigenvalue weighted by molar-refractivity contribution is 7.89. The number of hydroxylamine groups is 1. The molecule has 1 aliphatic rings. The molecule has 0 radical (unpaired) electrons. The Morgan fingerprint density at radius 1 is 1.16 bits per heavy atom. The van der Waals surface area contributed by atoms with Crippen LogP contribution in [0.25, 0.3) is 0 Å². The zero-order valence-electron chi connectivity index (χ0n) is 17.0. The Morgan fingerprint density at radius 2 is 1.84 bits per heavy atom. The maximum Gasteiger partial charge on any atom is 0.270 e. The van der Waals surface area contributed by atoms with Crippen LogP contribution in [0.1, 0.15) is 31.2 Å². The molecule has 168 valence electrons. The number of non-ortho nitro benzene ring substituents is 1. The van der Waals surface area contributed by atoms with E-state index in [9.17, 15) is 23.6 Å². The average molecular weight is 450 g/mol. The third-order valence-corrected chi connectivity index (χ3v) is 6.93. The molecule has 0 saturated heterocycles. The van der Waals surface area contributed by atoms with Crippen molar-refractivity contribution in [2.24, 2.45) is 5.73 Å². The van der Waals surface area contributed by atoms with Gasteiger partial charge in [-0.1, -0.05) is 53.7 Å². The van der Waals surface area contributed by atoms with Gasteiger partial charge < -0.3 is 10.8 Å². The van der Waals surface area contributed by atoms with Gasteiger partial charge in [-0.15, -0.1) is 0 Å². The number of benzene rings is 2. The summed E-state index contributed by atoms with van der Waals surface area (Å²) in [5.41, 5.74) is 6.71. The molecule has 2 atom stereocenters. The lowest BCUT2D eigenvalue weighted by molar-refractivity contribution is -0.385. The van der Waals surface area contributed by atoms with E-state index in [1.54, 1.807) is 0 Å². The molecule has 3 N–H and O–H groups in total. The zero-order chi connectivity index (χ0) is 22.4. The third kappa shape index (κ3) is 6.08. The molecule has 0 spiro atoms. The van der Waals surface area contributed by atoms with Gasteiger partial charge in [0, 0.05) is 18.2 Å². The SMILES string of the molecule is N[C@@H](Cc1ccccc1)[C@H](O)CN(OC1CCCC1)S(=O)(=O)c1cccc([N+](=O)[O-])c1. The number of aliphatic hydroxyl groups is 1. The van der Waals surface area contributed by atoms with Gasteiger partial charge in [0.05, 0.1) is 28.6 Å². The average Bonchev–Trinajstić information content (AvgIpc) is 3.27. The Morgan fingerprint density at radius 3 is 2.48 bits per heavy atom. The zero-order valence-corrected chi connectivity index (χ0v) is 17.9. The highest BCUT2D eigenvalue weighted by Gasteiger charge is 2.33. The topological polar surface area (TPSA) is 136 Å². The molecule has 0 amide bonds. The molecule has 0 heterocycles. The van der Waals surface area contributed by atoms with Crippen LogP contribution in [0, 0.1) is 10.1 Å². The van der Waals surface area contributed by atoms with Crippen molar-refractivity contribution >= 4 is 15.7 Å². The molecule has 1 saturated carbocycles. The largest absolute Gasteiger partial charge is 0.390 e. The fourth-order valence-corrected chi connectivity index (χ4v) is 4.88. The van der Waals surface area contributed by atoms with Crippen LogP contribution in [-0.4, -0.2) is 47.7 Å². The van der Waals surface area contributed by atoms with E-state index >= 15 is 0 Å². The predicted octanol–water partition coefficient (Wildman–Crippen LogP) is 2.39. The lowest BCUT2D eigenvalue weighted by Crippen LogP contribution is -2.47. The summed E-state index contributed by atoms with van der Waals surface area (Å²) < 4.78 is 27.2. The Bertz CT molecular complexity index is 980. The summed E-state index contributed by atoms with van der Waals surface area (Å²) in [4.78, 5) is 15.9. The molecule has 0 aromatic heterocycles. The minimum atomic E-state index is -4.25. The van der Waals surface area contributed by atoms with Crippen LogP contribution < -0.4 is 5.73 Å². The smallest absolute Gasteiger partial charge is 0.270 e. The van der Waals surface area contributed by atoms with Crippen molar-refractivity contribution in [3.63, 3.8) is 0 Å². The number of nitrogens with two attached hydrogens (primary N) is 1. The molecule has 1 fully saturated rings. The minimum absolute atomic E-state index is 0.275. The minimum Gasteiger partial charge on any atom is -0.390 e. The first-order valence-electron chi connectivity index (χ1n) is 10.2. The Hall–Kier alpha value is -2.37. The number of aliphatic hydroxyl groups excluding tert-OH is 1. The number of nitro benzene ring substituents is 1. The van der Waals surface area contributed by atoms with E-state index < -0.39 is 27.1 Å². The molecule has 0 bridgehead atoms. The Labute approximate surface area is 181 Å². The van der Waals surface area contributed by atoms with Gasteiger partial charge in [0.25, 0.3) is 15.7 Å². The summed E-state index contributed by atoms with van der Waals surface area (Å²) >= 11 is 0. The first-order chi connectivity index (χ1) is 14.8. The van der Waals surface area contributed by atoms with E-state index in [0.29, 0.717) is 19.3 Å². The fourth-order valence-electron chi connectivity index (χ4n) is 3.54.